The molecule has 2 rings (SSSR count). The number of hydrogen-bond acceptors (Lipinski definition) is 4. The molecule has 0 atom stereocenters. The zero-order valence-corrected chi connectivity index (χ0v) is 16.3. The van der Waals surface area contributed by atoms with Gasteiger partial charge in [0.05, 0.1) is 11.4 Å². The lowest BCUT2D eigenvalue weighted by molar-refractivity contribution is -0.123. The van der Waals surface area contributed by atoms with Crippen molar-refractivity contribution in [3.63, 3.8) is 0 Å². The molecule has 0 fully saturated rings. The molecule has 0 radical (unpaired) electrons. The van der Waals surface area contributed by atoms with Crippen molar-refractivity contribution in [3.05, 3.63) is 71.8 Å². The first kappa shape index (κ1) is 21.0. The quantitative estimate of drug-likeness (QED) is 0.397. The number of hydrogen-bond donors (Lipinski definition) is 2. The highest BCUT2D eigenvalue weighted by Gasteiger charge is 2.04. The second-order valence-electron chi connectivity index (χ2n) is 6.40. The maximum atomic E-state index is 11.9. The Morgan fingerprint density at radius 1 is 0.679 bits per heavy atom. The summed E-state index contributed by atoms with van der Waals surface area (Å²) in [6, 6.07) is 19.3. The molecule has 6 heteroatoms. The molecule has 2 aromatic rings. The van der Waals surface area contributed by atoms with Crippen molar-refractivity contribution in [3.8, 4) is 0 Å². The minimum absolute atomic E-state index is 0.159. The molecule has 0 aliphatic heterocycles. The fourth-order valence-corrected chi connectivity index (χ4v) is 2.46. The van der Waals surface area contributed by atoms with Gasteiger partial charge in [0.1, 0.15) is 0 Å². The zero-order chi connectivity index (χ0) is 20.2. The van der Waals surface area contributed by atoms with Gasteiger partial charge in [-0.25, -0.2) is 10.9 Å². The van der Waals surface area contributed by atoms with Gasteiger partial charge in [-0.1, -0.05) is 60.7 Å². The van der Waals surface area contributed by atoms with E-state index in [-0.39, 0.29) is 11.8 Å². The number of rotatable bonds is 9. The Balaban J connectivity index is 1.64. The number of carbonyl (C=O) groups excluding carboxylic acids is 2. The van der Waals surface area contributed by atoms with E-state index in [1.54, 1.807) is 0 Å². The van der Waals surface area contributed by atoms with Crippen molar-refractivity contribution in [1.82, 2.24) is 10.9 Å². The number of benzene rings is 2. The summed E-state index contributed by atoms with van der Waals surface area (Å²) in [5.41, 5.74) is 8.54. The van der Waals surface area contributed by atoms with E-state index in [1.807, 2.05) is 74.5 Å². The van der Waals surface area contributed by atoms with Crippen molar-refractivity contribution < 1.29 is 9.59 Å². The predicted octanol–water partition coefficient (Wildman–Crippen LogP) is 3.63. The van der Waals surface area contributed by atoms with Crippen molar-refractivity contribution in [1.29, 1.82) is 0 Å². The highest BCUT2D eigenvalue weighted by molar-refractivity contribution is 5.99. The van der Waals surface area contributed by atoms with E-state index in [0.29, 0.717) is 25.7 Å². The van der Waals surface area contributed by atoms with Gasteiger partial charge in [-0.2, -0.15) is 10.2 Å². The van der Waals surface area contributed by atoms with Gasteiger partial charge in [-0.3, -0.25) is 9.59 Å². The average Bonchev–Trinajstić information content (AvgIpc) is 2.74. The van der Waals surface area contributed by atoms with Crippen molar-refractivity contribution >= 4 is 23.2 Å². The van der Waals surface area contributed by atoms with Crippen LogP contribution in [0.15, 0.2) is 70.9 Å². The smallest absolute Gasteiger partial charge is 0.240 e. The Morgan fingerprint density at radius 2 is 1.04 bits per heavy atom. The summed E-state index contributed by atoms with van der Waals surface area (Å²) in [5, 5.41) is 8.21. The molecule has 0 heterocycles. The largest absolute Gasteiger partial charge is 0.273 e. The summed E-state index contributed by atoms with van der Waals surface area (Å²) in [7, 11) is 0. The first-order chi connectivity index (χ1) is 13.6. The van der Waals surface area contributed by atoms with E-state index in [1.165, 1.54) is 0 Å². The Kier molecular flexibility index (Phi) is 8.59. The van der Waals surface area contributed by atoms with Crippen LogP contribution >= 0.6 is 0 Å². The molecule has 2 aromatic carbocycles. The van der Waals surface area contributed by atoms with Gasteiger partial charge in [-0.05, 0) is 37.8 Å². The first-order valence-electron chi connectivity index (χ1n) is 9.33. The van der Waals surface area contributed by atoms with Crippen LogP contribution in [0.1, 0.15) is 50.7 Å². The van der Waals surface area contributed by atoms with Crippen molar-refractivity contribution in [2.24, 2.45) is 10.2 Å². The predicted molar refractivity (Wildman–Crippen MR) is 112 cm³/mol. The van der Waals surface area contributed by atoms with E-state index in [9.17, 15) is 9.59 Å². The lowest BCUT2D eigenvalue weighted by Gasteiger charge is -2.04. The highest BCUT2D eigenvalue weighted by atomic mass is 16.2. The SMILES string of the molecule is C/C(=N\NC(=O)CCCCC(=O)N/N=C(\C)c1ccccc1)c1ccccc1. The minimum Gasteiger partial charge on any atom is -0.273 e. The van der Waals surface area contributed by atoms with Gasteiger partial charge in [0, 0.05) is 12.8 Å². The number of carbonyl (C=O) groups is 2. The summed E-state index contributed by atoms with van der Waals surface area (Å²) < 4.78 is 0. The summed E-state index contributed by atoms with van der Waals surface area (Å²) in [6.45, 7) is 3.69. The molecule has 0 bridgehead atoms. The number of amides is 2. The second kappa shape index (κ2) is 11.4. The molecule has 0 aromatic heterocycles. The molecule has 2 amide bonds. The van der Waals surface area contributed by atoms with Crippen LogP contribution < -0.4 is 10.9 Å². The monoisotopic (exact) mass is 378 g/mol. The maximum Gasteiger partial charge on any atom is 0.240 e. The number of nitrogens with one attached hydrogen (secondary N) is 2. The molecule has 0 saturated carbocycles. The third-order valence-electron chi connectivity index (χ3n) is 4.14. The molecular formula is C22H26N4O2. The van der Waals surface area contributed by atoms with E-state index in [4.69, 9.17) is 0 Å². The lowest BCUT2D eigenvalue weighted by atomic mass is 10.1. The molecule has 2 N–H and O–H groups in total. The fourth-order valence-electron chi connectivity index (χ4n) is 2.46. The molecule has 6 nitrogen and oxygen atoms in total. The van der Waals surface area contributed by atoms with Crippen molar-refractivity contribution in [2.45, 2.75) is 39.5 Å². The molecule has 0 unspecified atom stereocenters. The summed E-state index contributed by atoms with van der Waals surface area (Å²) in [5.74, 6) is -0.317. The topological polar surface area (TPSA) is 82.9 Å². The Hall–Kier alpha value is -3.28. The van der Waals surface area contributed by atoms with Crippen LogP contribution in [0.5, 0.6) is 0 Å². The minimum atomic E-state index is -0.159. The van der Waals surface area contributed by atoms with Gasteiger partial charge >= 0.3 is 0 Å². The van der Waals surface area contributed by atoms with Crippen LogP contribution in [0.3, 0.4) is 0 Å². The lowest BCUT2D eigenvalue weighted by Crippen LogP contribution is -2.20. The highest BCUT2D eigenvalue weighted by Crippen LogP contribution is 2.03. The third-order valence-corrected chi connectivity index (χ3v) is 4.14. The van der Waals surface area contributed by atoms with Gasteiger partial charge in [0.25, 0.3) is 0 Å². The molecule has 0 spiro atoms. The van der Waals surface area contributed by atoms with E-state index >= 15 is 0 Å². The number of hydrazone groups is 2. The summed E-state index contributed by atoms with van der Waals surface area (Å²) in [4.78, 5) is 23.7. The fraction of sp³-hybridized carbons (Fsp3) is 0.273. The van der Waals surface area contributed by atoms with Crippen LogP contribution in [-0.4, -0.2) is 23.2 Å². The van der Waals surface area contributed by atoms with E-state index in [0.717, 1.165) is 22.6 Å². The van der Waals surface area contributed by atoms with Crippen molar-refractivity contribution in [2.75, 3.05) is 0 Å². The maximum absolute atomic E-state index is 11.9. The van der Waals surface area contributed by atoms with Crippen LogP contribution in [0.4, 0.5) is 0 Å². The molecule has 0 aliphatic rings. The summed E-state index contributed by atoms with van der Waals surface area (Å²) in [6.07, 6.45) is 1.87. The van der Waals surface area contributed by atoms with E-state index in [2.05, 4.69) is 21.1 Å². The Bertz CT molecular complexity index is 759. The zero-order valence-electron chi connectivity index (χ0n) is 16.3. The Labute approximate surface area is 165 Å². The number of nitrogens with zero attached hydrogens (tertiary/aromatic N) is 2. The molecule has 146 valence electrons. The van der Waals surface area contributed by atoms with Crippen LogP contribution in [-0.2, 0) is 9.59 Å². The van der Waals surface area contributed by atoms with Crippen LogP contribution in [0, 0.1) is 0 Å². The van der Waals surface area contributed by atoms with Gasteiger partial charge in [-0.15, -0.1) is 0 Å². The number of unbranched alkanes of at least 4 members (excludes halogenated alkanes) is 1. The second-order valence-corrected chi connectivity index (χ2v) is 6.40. The average molecular weight is 378 g/mol. The molecule has 0 aliphatic carbocycles. The first-order valence-corrected chi connectivity index (χ1v) is 9.33. The molecule has 0 saturated heterocycles. The third kappa shape index (κ3) is 7.53. The van der Waals surface area contributed by atoms with Crippen LogP contribution in [0.2, 0.25) is 0 Å². The normalized spacial score (nSPS) is 11.8. The van der Waals surface area contributed by atoms with Gasteiger partial charge in [0.2, 0.25) is 11.8 Å². The molecular weight excluding hydrogens is 352 g/mol. The Morgan fingerprint density at radius 3 is 1.39 bits per heavy atom. The van der Waals surface area contributed by atoms with E-state index < -0.39 is 0 Å². The van der Waals surface area contributed by atoms with Gasteiger partial charge in [0.15, 0.2) is 0 Å². The summed E-state index contributed by atoms with van der Waals surface area (Å²) >= 11 is 0. The standard InChI is InChI=1S/C22H26N4O2/c1-17(19-11-5-3-6-12-19)23-25-21(27)15-9-10-16-22(28)26-24-18(2)20-13-7-4-8-14-20/h3-8,11-14H,9-10,15-16H2,1-2H3,(H,25,27)(H,26,28)/b23-17+,24-18+. The van der Waals surface area contributed by atoms with Gasteiger partial charge < -0.3 is 0 Å². The molecule has 28 heavy (non-hydrogen) atoms. The van der Waals surface area contributed by atoms with Crippen LogP contribution in [0.25, 0.3) is 0 Å².